The first kappa shape index (κ1) is 14.2. The summed E-state index contributed by atoms with van der Waals surface area (Å²) in [4.78, 5) is 0.421. The zero-order valence-corrected chi connectivity index (χ0v) is 11.3. The lowest BCUT2D eigenvalue weighted by atomic mass is 10.1. The quantitative estimate of drug-likeness (QED) is 0.663. The number of benzene rings is 1. The Hall–Kier alpha value is -0.830. The third kappa shape index (κ3) is 5.35. The van der Waals surface area contributed by atoms with Crippen LogP contribution in [-0.4, -0.2) is 14.2 Å². The van der Waals surface area contributed by atoms with Crippen LogP contribution in [0.25, 0.3) is 0 Å². The first-order valence-electron chi connectivity index (χ1n) is 6.35. The second kappa shape index (κ2) is 7.49. The van der Waals surface area contributed by atoms with E-state index in [1.165, 1.54) is 19.3 Å². The van der Waals surface area contributed by atoms with Gasteiger partial charge in [0.1, 0.15) is 0 Å². The smallest absolute Gasteiger partial charge is 0.178 e. The molecule has 0 aliphatic heterocycles. The van der Waals surface area contributed by atoms with Crippen molar-refractivity contribution in [3.63, 3.8) is 0 Å². The Bertz CT molecular complexity index is 395. The number of hydrogen-bond acceptors (Lipinski definition) is 2. The normalized spacial score (nSPS) is 11.6. The molecule has 0 aliphatic rings. The van der Waals surface area contributed by atoms with Crippen LogP contribution in [0.3, 0.4) is 0 Å². The molecule has 0 fully saturated rings. The molecule has 0 bridgehead atoms. The van der Waals surface area contributed by atoms with E-state index in [4.69, 9.17) is 0 Å². The van der Waals surface area contributed by atoms with Gasteiger partial charge in [-0.05, 0) is 24.6 Å². The van der Waals surface area contributed by atoms with Crippen LogP contribution in [-0.2, 0) is 9.84 Å². The second-order valence-electron chi connectivity index (χ2n) is 4.32. The van der Waals surface area contributed by atoms with Crippen molar-refractivity contribution in [1.29, 1.82) is 0 Å². The molecule has 1 rings (SSSR count). The summed E-state index contributed by atoms with van der Waals surface area (Å²) >= 11 is 0. The van der Waals surface area contributed by atoms with E-state index in [0.29, 0.717) is 4.90 Å². The average Bonchev–Trinajstić information content (AvgIpc) is 2.35. The van der Waals surface area contributed by atoms with E-state index < -0.39 is 9.84 Å². The summed E-state index contributed by atoms with van der Waals surface area (Å²) in [6.45, 7) is 2.18. The van der Waals surface area contributed by atoms with Crippen molar-refractivity contribution in [3.05, 3.63) is 30.3 Å². The maximum Gasteiger partial charge on any atom is 0.178 e. The minimum absolute atomic E-state index is 0.267. The van der Waals surface area contributed by atoms with Crippen molar-refractivity contribution in [2.45, 2.75) is 50.3 Å². The average molecular weight is 253 g/mol. The third-order valence-electron chi connectivity index (χ3n) is 2.81. The van der Waals surface area contributed by atoms with Crippen LogP contribution in [0.1, 0.15) is 45.4 Å². The van der Waals surface area contributed by atoms with E-state index in [9.17, 15) is 8.42 Å². The van der Waals surface area contributed by atoms with Gasteiger partial charge in [-0.1, -0.05) is 51.2 Å². The molecule has 0 heterocycles. The predicted octanol–water partition coefficient (Wildman–Crippen LogP) is 3.62. The van der Waals surface area contributed by atoms with Crippen LogP contribution in [0.2, 0.25) is 0 Å². The maximum absolute atomic E-state index is 11.9. The topological polar surface area (TPSA) is 34.1 Å². The Balaban J connectivity index is 2.31. The lowest BCUT2D eigenvalue weighted by Crippen LogP contribution is -2.06. The molecule has 2 nitrogen and oxygen atoms in total. The molecule has 0 saturated heterocycles. The van der Waals surface area contributed by atoms with Gasteiger partial charge in [0.15, 0.2) is 9.84 Å². The summed E-state index contributed by atoms with van der Waals surface area (Å²) in [6.07, 6.45) is 6.62. The monoisotopic (exact) mass is 253 g/mol. The van der Waals surface area contributed by atoms with Gasteiger partial charge >= 0.3 is 0 Å². The molecule has 0 unspecified atom stereocenters. The molecule has 0 aliphatic carbocycles. The van der Waals surface area contributed by atoms with E-state index in [1.54, 1.807) is 24.3 Å². The van der Waals surface area contributed by atoms with Gasteiger partial charge in [0, 0.05) is 0 Å². The van der Waals surface area contributed by atoms with Gasteiger partial charge in [-0.3, -0.25) is 0 Å². The van der Waals surface area contributed by atoms with Crippen LogP contribution in [0.5, 0.6) is 0 Å². The summed E-state index contributed by atoms with van der Waals surface area (Å²) in [7, 11) is -3.07. The van der Waals surface area contributed by atoms with Gasteiger partial charge in [0.25, 0.3) is 0 Å². The summed E-state index contributed by atoms with van der Waals surface area (Å²) in [6, 6.07) is 9.36. The molecule has 95 valence electrons. The molecule has 1 aromatic rings. The van der Waals surface area contributed by atoms with Crippen LogP contribution in [0.15, 0.2) is 29.2 Å². The van der Waals surface area contributed by atoms with Crippen LogP contribution in [0.4, 0.5) is 0 Å². The largest absolute Gasteiger partial charge is 0.224 e. The fraction of sp³-hybridized carbons (Fsp3) is 0.571. The molecule has 1 aromatic carbocycles. The highest BCUT2D eigenvalue weighted by molar-refractivity contribution is 7.91. The summed E-state index contributed by atoms with van der Waals surface area (Å²) in [5.74, 6) is 0.267. The molecule has 17 heavy (non-hydrogen) atoms. The minimum atomic E-state index is -3.07. The van der Waals surface area contributed by atoms with E-state index in [1.807, 2.05) is 0 Å². The van der Waals surface area contributed by atoms with E-state index in [0.717, 1.165) is 19.3 Å². The Morgan fingerprint density at radius 1 is 1.00 bits per heavy atom. The fourth-order valence-electron chi connectivity index (χ4n) is 1.77. The standard InChI is InChI=1S/C14H21O2S/c1-2-3-4-5-6-10-13-17(15,16)14-11-8-7-9-12-14/h8-9,11-12H,2-6,10,13H2,1H3. The van der Waals surface area contributed by atoms with E-state index in [-0.39, 0.29) is 5.75 Å². The Morgan fingerprint density at radius 2 is 1.59 bits per heavy atom. The lowest BCUT2D eigenvalue weighted by Gasteiger charge is -2.04. The molecule has 0 N–H and O–H groups in total. The lowest BCUT2D eigenvalue weighted by molar-refractivity contribution is 0.583. The summed E-state index contributed by atoms with van der Waals surface area (Å²) in [5.41, 5.74) is 0. The highest BCUT2D eigenvalue weighted by Gasteiger charge is 2.12. The summed E-state index contributed by atoms with van der Waals surface area (Å²) < 4.78 is 23.8. The molecule has 0 aromatic heterocycles. The van der Waals surface area contributed by atoms with Gasteiger partial charge in [0.2, 0.25) is 0 Å². The zero-order valence-electron chi connectivity index (χ0n) is 10.5. The molecule has 1 radical (unpaired) electrons. The Morgan fingerprint density at radius 3 is 2.24 bits per heavy atom. The highest BCUT2D eigenvalue weighted by Crippen LogP contribution is 2.13. The van der Waals surface area contributed by atoms with Gasteiger partial charge < -0.3 is 0 Å². The highest BCUT2D eigenvalue weighted by atomic mass is 32.2. The Labute approximate surface area is 105 Å². The van der Waals surface area contributed by atoms with Gasteiger partial charge in [-0.15, -0.1) is 0 Å². The molecule has 0 atom stereocenters. The van der Waals surface area contributed by atoms with Crippen LogP contribution < -0.4 is 0 Å². The molecule has 0 saturated carbocycles. The summed E-state index contributed by atoms with van der Waals surface area (Å²) in [5, 5.41) is 0. The molecular formula is C14H21O2S. The zero-order chi connectivity index (χ0) is 12.6. The number of hydrogen-bond donors (Lipinski definition) is 0. The first-order valence-corrected chi connectivity index (χ1v) is 8.01. The first-order chi connectivity index (χ1) is 8.17. The third-order valence-corrected chi connectivity index (χ3v) is 4.63. The van der Waals surface area contributed by atoms with Crippen molar-refractivity contribution in [1.82, 2.24) is 0 Å². The predicted molar refractivity (Wildman–Crippen MR) is 70.7 cm³/mol. The number of sulfone groups is 1. The number of rotatable bonds is 8. The molecular weight excluding hydrogens is 232 g/mol. The number of unbranched alkanes of at least 4 members (excludes halogenated alkanes) is 5. The van der Waals surface area contributed by atoms with E-state index >= 15 is 0 Å². The van der Waals surface area contributed by atoms with Crippen molar-refractivity contribution in [3.8, 4) is 0 Å². The second-order valence-corrected chi connectivity index (χ2v) is 6.43. The van der Waals surface area contributed by atoms with Gasteiger partial charge in [-0.25, -0.2) is 8.42 Å². The van der Waals surface area contributed by atoms with Crippen LogP contribution in [0, 0.1) is 6.07 Å². The Kier molecular flexibility index (Phi) is 6.27. The van der Waals surface area contributed by atoms with Crippen molar-refractivity contribution in [2.24, 2.45) is 0 Å². The van der Waals surface area contributed by atoms with Crippen LogP contribution >= 0.6 is 0 Å². The molecule has 0 spiro atoms. The van der Waals surface area contributed by atoms with Crippen molar-refractivity contribution in [2.75, 3.05) is 5.75 Å². The molecule has 3 heteroatoms. The molecule has 0 amide bonds. The van der Waals surface area contributed by atoms with Crippen molar-refractivity contribution < 1.29 is 8.42 Å². The maximum atomic E-state index is 11.9. The minimum Gasteiger partial charge on any atom is -0.224 e. The van der Waals surface area contributed by atoms with E-state index in [2.05, 4.69) is 13.0 Å². The van der Waals surface area contributed by atoms with Gasteiger partial charge in [0.05, 0.1) is 10.6 Å². The van der Waals surface area contributed by atoms with Gasteiger partial charge in [-0.2, -0.15) is 0 Å². The SMILES string of the molecule is CCCCCCCCS(=O)(=O)c1cc[c]cc1. The fourth-order valence-corrected chi connectivity index (χ4v) is 3.14. The van der Waals surface area contributed by atoms with Crippen molar-refractivity contribution >= 4 is 9.84 Å².